The van der Waals surface area contributed by atoms with E-state index in [-0.39, 0.29) is 17.0 Å². The van der Waals surface area contributed by atoms with Crippen LogP contribution in [-0.2, 0) is 9.09 Å². The van der Waals surface area contributed by atoms with Crippen molar-refractivity contribution in [2.45, 2.75) is 52.0 Å². The zero-order chi connectivity index (χ0) is 23.6. The van der Waals surface area contributed by atoms with Gasteiger partial charge in [0.2, 0.25) is 0 Å². The highest BCUT2D eigenvalue weighted by Crippen LogP contribution is 2.61. The fourth-order valence-electron chi connectivity index (χ4n) is 4.55. The fourth-order valence-corrected chi connectivity index (χ4v) is 7.46. The van der Waals surface area contributed by atoms with Crippen LogP contribution in [0.3, 0.4) is 0 Å². The molecule has 1 aliphatic carbocycles. The highest BCUT2D eigenvalue weighted by atomic mass is 35.5. The number of rotatable bonds is 7. The molecule has 3 rings (SSSR count). The molecule has 0 unspecified atom stereocenters. The monoisotopic (exact) mass is 497 g/mol. The zero-order valence-corrected chi connectivity index (χ0v) is 21.9. The van der Waals surface area contributed by atoms with Crippen LogP contribution in [-0.4, -0.2) is 25.3 Å². The van der Waals surface area contributed by atoms with Gasteiger partial charge in [0.15, 0.2) is 5.85 Å². The predicted octanol–water partition coefficient (Wildman–Crippen LogP) is 7.13. The summed E-state index contributed by atoms with van der Waals surface area (Å²) in [4.78, 5) is 1.97. The molecule has 176 valence electrons. The fraction of sp³-hybridized carbons (Fsp3) is 0.520. The molecule has 0 spiro atoms. The first-order valence-electron chi connectivity index (χ1n) is 11.2. The number of benzene rings is 2. The minimum Gasteiger partial charge on any atom is -0.378 e. The van der Waals surface area contributed by atoms with Crippen molar-refractivity contribution in [3.8, 4) is 0 Å². The largest absolute Gasteiger partial charge is 0.378 e. The lowest BCUT2D eigenvalue weighted by Crippen LogP contribution is -2.35. The standard InChI is InChI=1S/C25H34Cl2NO3P/c1-16(2)21-12-6-17(3)14-24(21)31-32(30,20-10-8-19(9-11-20)28(4)5)25(29)22-13-7-18(26)15-23(22)27/h7-11,13,15-17,21,24-25,29H,6,12,14H2,1-5H3/t17-,21-,24-,25-,32+/m1/s1. The van der Waals surface area contributed by atoms with Crippen molar-refractivity contribution in [1.29, 1.82) is 0 Å². The maximum atomic E-state index is 14.6. The Kier molecular flexibility index (Phi) is 8.39. The van der Waals surface area contributed by atoms with Gasteiger partial charge in [-0.25, -0.2) is 0 Å². The maximum Gasteiger partial charge on any atom is 0.264 e. The first-order valence-corrected chi connectivity index (χ1v) is 13.7. The minimum absolute atomic E-state index is 0.196. The smallest absolute Gasteiger partial charge is 0.264 e. The lowest BCUT2D eigenvalue weighted by molar-refractivity contribution is 0.0427. The van der Waals surface area contributed by atoms with Gasteiger partial charge in [-0.05, 0) is 67.0 Å². The van der Waals surface area contributed by atoms with Crippen molar-refractivity contribution in [3.05, 3.63) is 58.1 Å². The molecular formula is C25H34Cl2NO3P. The normalized spacial score (nSPS) is 24.2. The van der Waals surface area contributed by atoms with Crippen LogP contribution in [0.1, 0.15) is 51.4 Å². The lowest BCUT2D eigenvalue weighted by Gasteiger charge is -2.40. The van der Waals surface area contributed by atoms with Gasteiger partial charge in [-0.3, -0.25) is 4.57 Å². The lowest BCUT2D eigenvalue weighted by atomic mass is 9.75. The molecule has 1 saturated carbocycles. The Morgan fingerprint density at radius 3 is 2.31 bits per heavy atom. The van der Waals surface area contributed by atoms with Crippen LogP contribution in [0.15, 0.2) is 42.5 Å². The van der Waals surface area contributed by atoms with E-state index in [0.717, 1.165) is 24.9 Å². The molecule has 2 aromatic rings. The Bertz CT molecular complexity index is 964. The van der Waals surface area contributed by atoms with Crippen molar-refractivity contribution in [2.24, 2.45) is 17.8 Å². The SMILES string of the molecule is CC(C)[C@H]1CC[C@@H](C)C[C@H]1O[P@@](=O)(c1ccc(N(C)C)cc1)[C@@H](O)c1ccc(Cl)cc1Cl. The van der Waals surface area contributed by atoms with E-state index in [1.54, 1.807) is 30.3 Å². The third-order valence-corrected chi connectivity index (χ3v) is 9.63. The Hall–Kier alpha value is -1.03. The minimum atomic E-state index is -3.74. The number of nitrogens with zero attached hydrogens (tertiary/aromatic N) is 1. The first-order chi connectivity index (χ1) is 15.0. The van der Waals surface area contributed by atoms with E-state index < -0.39 is 13.2 Å². The average molecular weight is 498 g/mol. The van der Waals surface area contributed by atoms with E-state index in [4.69, 9.17) is 27.7 Å². The van der Waals surface area contributed by atoms with Gasteiger partial charge < -0.3 is 14.5 Å². The number of hydrogen-bond donors (Lipinski definition) is 1. The van der Waals surface area contributed by atoms with Crippen molar-refractivity contribution in [1.82, 2.24) is 0 Å². The Morgan fingerprint density at radius 2 is 1.75 bits per heavy atom. The van der Waals surface area contributed by atoms with Gasteiger partial charge >= 0.3 is 0 Å². The summed E-state index contributed by atoms with van der Waals surface area (Å²) in [5.41, 5.74) is 1.34. The van der Waals surface area contributed by atoms with Gasteiger partial charge in [0.25, 0.3) is 7.37 Å². The summed E-state index contributed by atoms with van der Waals surface area (Å²) in [6.07, 6.45) is 2.79. The maximum absolute atomic E-state index is 14.6. The summed E-state index contributed by atoms with van der Waals surface area (Å²) in [7, 11) is 0.158. The van der Waals surface area contributed by atoms with Gasteiger partial charge in [-0.2, -0.15) is 0 Å². The van der Waals surface area contributed by atoms with E-state index in [2.05, 4.69) is 20.8 Å². The molecule has 0 bridgehead atoms. The predicted molar refractivity (Wildman–Crippen MR) is 136 cm³/mol. The zero-order valence-electron chi connectivity index (χ0n) is 19.5. The van der Waals surface area contributed by atoms with Gasteiger partial charge in [-0.1, -0.05) is 56.5 Å². The van der Waals surface area contributed by atoms with Crippen LogP contribution in [0, 0.1) is 17.8 Å². The molecule has 7 heteroatoms. The molecule has 5 atom stereocenters. The molecule has 32 heavy (non-hydrogen) atoms. The summed E-state index contributed by atoms with van der Waals surface area (Å²) in [6.45, 7) is 6.57. The van der Waals surface area contributed by atoms with Crippen LogP contribution < -0.4 is 10.2 Å². The molecule has 0 saturated heterocycles. The Balaban J connectivity index is 2.06. The van der Waals surface area contributed by atoms with Gasteiger partial charge in [0, 0.05) is 40.7 Å². The van der Waals surface area contributed by atoms with Crippen LogP contribution in [0.5, 0.6) is 0 Å². The molecule has 4 nitrogen and oxygen atoms in total. The topological polar surface area (TPSA) is 49.8 Å². The van der Waals surface area contributed by atoms with Gasteiger partial charge in [0.1, 0.15) is 0 Å². The first kappa shape index (κ1) is 25.6. The van der Waals surface area contributed by atoms with E-state index >= 15 is 0 Å². The molecule has 0 aliphatic heterocycles. The van der Waals surface area contributed by atoms with Crippen LogP contribution >= 0.6 is 30.6 Å². The van der Waals surface area contributed by atoms with Crippen LogP contribution in [0.2, 0.25) is 10.0 Å². The van der Waals surface area contributed by atoms with Crippen molar-refractivity contribution < 1.29 is 14.2 Å². The Labute approximate surface area is 202 Å². The molecule has 2 aromatic carbocycles. The molecule has 0 aromatic heterocycles. The van der Waals surface area contributed by atoms with E-state index in [9.17, 15) is 9.67 Å². The second kappa shape index (κ2) is 10.5. The third-order valence-electron chi connectivity index (χ3n) is 6.54. The quantitative estimate of drug-likeness (QED) is 0.413. The number of anilines is 1. The van der Waals surface area contributed by atoms with E-state index in [0.29, 0.717) is 27.7 Å². The molecule has 1 N–H and O–H groups in total. The summed E-state index contributed by atoms with van der Waals surface area (Å²) < 4.78 is 21.1. The molecule has 0 heterocycles. The summed E-state index contributed by atoms with van der Waals surface area (Å²) >= 11 is 12.5. The number of aliphatic hydroxyl groups excluding tert-OH is 1. The highest BCUT2D eigenvalue weighted by Gasteiger charge is 2.43. The van der Waals surface area contributed by atoms with Crippen molar-refractivity contribution in [3.63, 3.8) is 0 Å². The molecule has 1 aliphatic rings. The second-order valence-corrected chi connectivity index (χ2v) is 12.8. The molecular weight excluding hydrogens is 464 g/mol. The average Bonchev–Trinajstić information content (AvgIpc) is 2.73. The van der Waals surface area contributed by atoms with Gasteiger partial charge in [-0.15, -0.1) is 0 Å². The number of aliphatic hydroxyl groups is 1. The van der Waals surface area contributed by atoms with E-state index in [1.165, 1.54) is 0 Å². The summed E-state index contributed by atoms with van der Waals surface area (Å²) in [5, 5.41) is 12.7. The molecule has 0 amide bonds. The second-order valence-electron chi connectivity index (χ2n) is 9.52. The summed E-state index contributed by atoms with van der Waals surface area (Å²) in [6, 6.07) is 12.2. The third kappa shape index (κ3) is 5.54. The van der Waals surface area contributed by atoms with Crippen molar-refractivity contribution >= 4 is 41.6 Å². The van der Waals surface area contributed by atoms with Crippen LogP contribution in [0.4, 0.5) is 5.69 Å². The highest BCUT2D eigenvalue weighted by molar-refractivity contribution is 7.67. The van der Waals surface area contributed by atoms with Gasteiger partial charge in [0.05, 0.1) is 6.10 Å². The number of halogens is 2. The molecule has 0 radical (unpaired) electrons. The van der Waals surface area contributed by atoms with E-state index in [1.807, 2.05) is 31.1 Å². The van der Waals surface area contributed by atoms with Crippen molar-refractivity contribution in [2.75, 3.05) is 19.0 Å². The number of hydrogen-bond acceptors (Lipinski definition) is 4. The summed E-state index contributed by atoms with van der Waals surface area (Å²) in [5.74, 6) is -0.222. The Morgan fingerprint density at radius 1 is 1.09 bits per heavy atom. The van der Waals surface area contributed by atoms with Crippen LogP contribution in [0.25, 0.3) is 0 Å². The molecule has 1 fully saturated rings.